The first kappa shape index (κ1) is 14.5. The Labute approximate surface area is 117 Å². The van der Waals surface area contributed by atoms with E-state index >= 15 is 0 Å². The van der Waals surface area contributed by atoms with Crippen LogP contribution in [0.5, 0.6) is 11.5 Å². The molecule has 0 aromatic heterocycles. The van der Waals surface area contributed by atoms with Crippen LogP contribution in [-0.2, 0) is 6.54 Å². The third-order valence-corrected chi connectivity index (χ3v) is 2.78. The Bertz CT molecular complexity index is 572. The Balaban J connectivity index is 2.06. The van der Waals surface area contributed by atoms with Crippen LogP contribution in [0.15, 0.2) is 42.5 Å². The summed E-state index contributed by atoms with van der Waals surface area (Å²) >= 11 is 0. The van der Waals surface area contributed by atoms with Crippen LogP contribution in [0.1, 0.15) is 18.9 Å². The minimum absolute atomic E-state index is 0.0924. The van der Waals surface area contributed by atoms with E-state index in [0.717, 1.165) is 18.5 Å². The largest absolute Gasteiger partial charge is 0.454 e. The summed E-state index contributed by atoms with van der Waals surface area (Å²) in [7, 11) is 0. The number of rotatable bonds is 6. The van der Waals surface area contributed by atoms with E-state index in [2.05, 4.69) is 12.2 Å². The molecular formula is C16H17F2NO. The highest BCUT2D eigenvalue weighted by Gasteiger charge is 2.06. The average Bonchev–Trinajstić information content (AvgIpc) is 2.42. The second kappa shape index (κ2) is 7.01. The van der Waals surface area contributed by atoms with Gasteiger partial charge in [0.25, 0.3) is 0 Å². The molecule has 1 N–H and O–H groups in total. The lowest BCUT2D eigenvalue weighted by Gasteiger charge is -2.09. The van der Waals surface area contributed by atoms with Gasteiger partial charge in [0.15, 0.2) is 11.6 Å². The first-order valence-electron chi connectivity index (χ1n) is 6.61. The second-order valence-corrected chi connectivity index (χ2v) is 4.50. The van der Waals surface area contributed by atoms with Crippen molar-refractivity contribution < 1.29 is 13.5 Å². The summed E-state index contributed by atoms with van der Waals surface area (Å²) < 4.78 is 32.3. The van der Waals surface area contributed by atoms with Gasteiger partial charge in [-0.1, -0.05) is 19.1 Å². The van der Waals surface area contributed by atoms with Crippen molar-refractivity contribution in [1.82, 2.24) is 5.32 Å². The van der Waals surface area contributed by atoms with Crippen LogP contribution in [0.25, 0.3) is 0 Å². The van der Waals surface area contributed by atoms with E-state index < -0.39 is 11.6 Å². The molecule has 0 aliphatic rings. The number of hydrogen-bond donors (Lipinski definition) is 1. The number of halogens is 2. The van der Waals surface area contributed by atoms with Gasteiger partial charge in [0, 0.05) is 12.6 Å². The van der Waals surface area contributed by atoms with E-state index in [-0.39, 0.29) is 11.5 Å². The van der Waals surface area contributed by atoms with Crippen LogP contribution in [0, 0.1) is 11.6 Å². The van der Waals surface area contributed by atoms with Crippen molar-refractivity contribution in [3.05, 3.63) is 59.7 Å². The fourth-order valence-electron chi connectivity index (χ4n) is 1.80. The summed E-state index contributed by atoms with van der Waals surface area (Å²) in [6.45, 7) is 3.58. The van der Waals surface area contributed by atoms with Gasteiger partial charge in [0.2, 0.25) is 0 Å². The van der Waals surface area contributed by atoms with Gasteiger partial charge < -0.3 is 10.1 Å². The molecular weight excluding hydrogens is 260 g/mol. The zero-order valence-electron chi connectivity index (χ0n) is 11.3. The molecule has 20 heavy (non-hydrogen) atoms. The Morgan fingerprint density at radius 2 is 1.95 bits per heavy atom. The molecule has 2 nitrogen and oxygen atoms in total. The molecule has 0 fully saturated rings. The lowest BCUT2D eigenvalue weighted by Crippen LogP contribution is -2.13. The SMILES string of the molecule is CCCNCc1ccc(Oc2cccc(F)c2)c(F)c1. The Morgan fingerprint density at radius 3 is 2.65 bits per heavy atom. The van der Waals surface area contributed by atoms with Gasteiger partial charge in [0.1, 0.15) is 11.6 Å². The third-order valence-electron chi connectivity index (χ3n) is 2.78. The smallest absolute Gasteiger partial charge is 0.166 e. The summed E-state index contributed by atoms with van der Waals surface area (Å²) in [5, 5.41) is 3.20. The quantitative estimate of drug-likeness (QED) is 0.797. The fraction of sp³-hybridized carbons (Fsp3) is 0.250. The maximum atomic E-state index is 13.9. The molecule has 0 radical (unpaired) electrons. The topological polar surface area (TPSA) is 21.3 Å². The summed E-state index contributed by atoms with van der Waals surface area (Å²) in [5.41, 5.74) is 0.850. The van der Waals surface area contributed by atoms with Gasteiger partial charge >= 0.3 is 0 Å². The fourth-order valence-corrected chi connectivity index (χ4v) is 1.80. The highest BCUT2D eigenvalue weighted by Crippen LogP contribution is 2.25. The summed E-state index contributed by atoms with van der Waals surface area (Å²) in [4.78, 5) is 0. The van der Waals surface area contributed by atoms with E-state index in [0.29, 0.717) is 6.54 Å². The van der Waals surface area contributed by atoms with Gasteiger partial charge in [-0.25, -0.2) is 8.78 Å². The lowest BCUT2D eigenvalue weighted by atomic mass is 10.2. The third kappa shape index (κ3) is 4.03. The molecule has 0 unspecified atom stereocenters. The van der Waals surface area contributed by atoms with E-state index in [4.69, 9.17) is 4.74 Å². The monoisotopic (exact) mass is 277 g/mol. The first-order chi connectivity index (χ1) is 9.69. The van der Waals surface area contributed by atoms with Crippen molar-refractivity contribution in [3.63, 3.8) is 0 Å². The predicted octanol–water partition coefficient (Wildman–Crippen LogP) is 4.26. The van der Waals surface area contributed by atoms with Crippen LogP contribution >= 0.6 is 0 Å². The number of hydrogen-bond acceptors (Lipinski definition) is 2. The second-order valence-electron chi connectivity index (χ2n) is 4.50. The molecule has 0 atom stereocenters. The summed E-state index contributed by atoms with van der Waals surface area (Å²) in [6, 6.07) is 10.4. The molecule has 2 aromatic carbocycles. The molecule has 2 rings (SSSR count). The molecule has 0 spiro atoms. The predicted molar refractivity (Wildman–Crippen MR) is 74.9 cm³/mol. The minimum Gasteiger partial charge on any atom is -0.454 e. The average molecular weight is 277 g/mol. The van der Waals surface area contributed by atoms with Crippen LogP contribution in [0.2, 0.25) is 0 Å². The zero-order valence-corrected chi connectivity index (χ0v) is 11.3. The molecule has 0 bridgehead atoms. The van der Waals surface area contributed by atoms with Gasteiger partial charge in [-0.15, -0.1) is 0 Å². The van der Waals surface area contributed by atoms with E-state index in [1.165, 1.54) is 24.3 Å². The van der Waals surface area contributed by atoms with E-state index in [9.17, 15) is 8.78 Å². The molecule has 4 heteroatoms. The molecule has 106 valence electrons. The Hall–Kier alpha value is -1.94. The standard InChI is InChI=1S/C16H17F2NO/c1-2-8-19-11-12-6-7-16(15(18)9-12)20-14-5-3-4-13(17)10-14/h3-7,9-10,19H,2,8,11H2,1H3. The highest BCUT2D eigenvalue weighted by atomic mass is 19.1. The van der Waals surface area contributed by atoms with Crippen molar-refractivity contribution in [1.29, 1.82) is 0 Å². The van der Waals surface area contributed by atoms with Crippen molar-refractivity contribution in [3.8, 4) is 11.5 Å². The number of ether oxygens (including phenoxy) is 1. The van der Waals surface area contributed by atoms with Gasteiger partial charge in [0.05, 0.1) is 0 Å². The van der Waals surface area contributed by atoms with Crippen molar-refractivity contribution >= 4 is 0 Å². The molecule has 0 saturated carbocycles. The van der Waals surface area contributed by atoms with Crippen molar-refractivity contribution in [2.45, 2.75) is 19.9 Å². The zero-order chi connectivity index (χ0) is 14.4. The Morgan fingerprint density at radius 1 is 1.10 bits per heavy atom. The molecule has 2 aromatic rings. The van der Waals surface area contributed by atoms with Crippen LogP contribution in [0.4, 0.5) is 8.78 Å². The molecule has 0 heterocycles. The maximum absolute atomic E-state index is 13.9. The van der Waals surface area contributed by atoms with Crippen LogP contribution in [0.3, 0.4) is 0 Å². The Kier molecular flexibility index (Phi) is 5.07. The highest BCUT2D eigenvalue weighted by molar-refractivity contribution is 5.34. The number of benzene rings is 2. The van der Waals surface area contributed by atoms with Crippen molar-refractivity contribution in [2.75, 3.05) is 6.54 Å². The maximum Gasteiger partial charge on any atom is 0.166 e. The molecule has 0 aliphatic carbocycles. The molecule has 0 saturated heterocycles. The van der Waals surface area contributed by atoms with E-state index in [1.807, 2.05) is 0 Å². The summed E-state index contributed by atoms with van der Waals surface area (Å²) in [5.74, 6) is -0.496. The van der Waals surface area contributed by atoms with Gasteiger partial charge in [-0.05, 0) is 42.8 Å². The minimum atomic E-state index is -0.454. The molecule has 0 aliphatic heterocycles. The van der Waals surface area contributed by atoms with Crippen molar-refractivity contribution in [2.24, 2.45) is 0 Å². The summed E-state index contributed by atoms with van der Waals surface area (Å²) in [6.07, 6.45) is 1.03. The van der Waals surface area contributed by atoms with Crippen LogP contribution < -0.4 is 10.1 Å². The van der Waals surface area contributed by atoms with Crippen LogP contribution in [-0.4, -0.2) is 6.54 Å². The normalized spacial score (nSPS) is 10.6. The van der Waals surface area contributed by atoms with Gasteiger partial charge in [-0.2, -0.15) is 0 Å². The lowest BCUT2D eigenvalue weighted by molar-refractivity contribution is 0.438. The first-order valence-corrected chi connectivity index (χ1v) is 6.61. The molecule has 0 amide bonds. The van der Waals surface area contributed by atoms with E-state index in [1.54, 1.807) is 18.2 Å². The number of nitrogens with one attached hydrogen (secondary N) is 1. The van der Waals surface area contributed by atoms with Gasteiger partial charge in [-0.3, -0.25) is 0 Å².